The van der Waals surface area contributed by atoms with Crippen LogP contribution in [0, 0.1) is 5.92 Å². The lowest BCUT2D eigenvalue weighted by atomic mass is 9.81. The molecule has 3 heterocycles. The fourth-order valence-corrected chi connectivity index (χ4v) is 5.48. The predicted octanol–water partition coefficient (Wildman–Crippen LogP) is 0.879. The van der Waals surface area contributed by atoms with Gasteiger partial charge >= 0.3 is 0 Å². The van der Waals surface area contributed by atoms with Crippen LogP contribution in [-0.2, 0) is 0 Å². The van der Waals surface area contributed by atoms with E-state index in [0.29, 0.717) is 24.9 Å². The maximum atomic E-state index is 14.0. The maximum Gasteiger partial charge on any atom is 0.139 e. The van der Waals surface area contributed by atoms with Crippen LogP contribution in [0.3, 0.4) is 0 Å². The van der Waals surface area contributed by atoms with Crippen LogP contribution in [0.15, 0.2) is 0 Å². The molecule has 3 unspecified atom stereocenters. The number of piperazine rings is 1. The average molecular weight is 415 g/mol. The van der Waals surface area contributed by atoms with Crippen molar-refractivity contribution in [2.45, 2.75) is 70.0 Å². The summed E-state index contributed by atoms with van der Waals surface area (Å²) in [6.07, 6.45) is 0.360. The summed E-state index contributed by atoms with van der Waals surface area (Å²) in [4.78, 5) is 9.38. The second-order valence-electron chi connectivity index (χ2n) is 10.3. The summed E-state index contributed by atoms with van der Waals surface area (Å²) < 4.78 is 14.0. The summed E-state index contributed by atoms with van der Waals surface area (Å²) in [5, 5.41) is 21.3. The Labute approximate surface area is 176 Å². The highest BCUT2D eigenvalue weighted by atomic mass is 19.1. The fraction of sp³-hybridized carbons (Fsp3) is 1.00. The van der Waals surface area contributed by atoms with Crippen molar-refractivity contribution in [3.8, 4) is 0 Å². The molecule has 0 aromatic rings. The highest BCUT2D eigenvalue weighted by Gasteiger charge is 2.41. The van der Waals surface area contributed by atoms with E-state index in [4.69, 9.17) is 0 Å². The molecule has 3 rings (SSSR count). The smallest absolute Gasteiger partial charge is 0.139 e. The fourth-order valence-electron chi connectivity index (χ4n) is 5.48. The minimum Gasteiger partial charge on any atom is -0.390 e. The normalized spacial score (nSPS) is 37.9. The van der Waals surface area contributed by atoms with E-state index < -0.39 is 17.9 Å². The minimum absolute atomic E-state index is 0.269. The molecule has 0 radical (unpaired) electrons. The van der Waals surface area contributed by atoms with Crippen molar-refractivity contribution in [1.82, 2.24) is 19.6 Å². The Hall–Kier alpha value is -0.310. The standard InChI is InChI=1S/C22H43FN4O2/c1-17(2)27-13-19(11-18(3)26-6-5-21(28)20(23)14-26)12-22(29,16-27)15-25-9-7-24(4)8-10-25/h17-21,28-29H,5-16H2,1-4H3/t18?,19?,20-,21-,22?/m0/s1. The number of aliphatic hydroxyl groups excluding tert-OH is 1. The average Bonchev–Trinajstić information content (AvgIpc) is 2.65. The Morgan fingerprint density at radius 2 is 1.72 bits per heavy atom. The number of halogens is 1. The summed E-state index contributed by atoms with van der Waals surface area (Å²) in [6.45, 7) is 14.4. The first-order chi connectivity index (χ1) is 13.6. The number of hydrogen-bond donors (Lipinski definition) is 2. The molecular formula is C22H43FN4O2. The van der Waals surface area contributed by atoms with Gasteiger partial charge in [-0.25, -0.2) is 4.39 Å². The number of likely N-dealkylation sites (tertiary alicyclic amines) is 2. The summed E-state index contributed by atoms with van der Waals surface area (Å²) in [5.41, 5.74) is -0.677. The van der Waals surface area contributed by atoms with E-state index in [1.807, 2.05) is 0 Å². The molecule has 3 fully saturated rings. The Kier molecular flexibility index (Phi) is 7.95. The molecule has 5 atom stereocenters. The van der Waals surface area contributed by atoms with Crippen molar-refractivity contribution in [3.05, 3.63) is 0 Å². The molecule has 0 aromatic heterocycles. The minimum atomic E-state index is -1.14. The van der Waals surface area contributed by atoms with Crippen LogP contribution in [0.4, 0.5) is 4.39 Å². The third-order valence-electron chi connectivity index (χ3n) is 7.34. The first-order valence-corrected chi connectivity index (χ1v) is 11.6. The molecule has 7 heteroatoms. The SMILES string of the molecule is CC(C)N1CC(CC(C)N2CC[C@H](O)[C@@H](F)C2)CC(O)(CN2CCN(C)CC2)C1. The number of piperidine rings is 2. The monoisotopic (exact) mass is 414 g/mol. The van der Waals surface area contributed by atoms with Gasteiger partial charge < -0.3 is 15.1 Å². The molecule has 170 valence electrons. The van der Waals surface area contributed by atoms with Gasteiger partial charge in [0.15, 0.2) is 0 Å². The summed E-state index contributed by atoms with van der Waals surface area (Å²) in [5.74, 6) is 0.406. The van der Waals surface area contributed by atoms with Crippen LogP contribution in [0.25, 0.3) is 0 Å². The van der Waals surface area contributed by atoms with E-state index in [0.717, 1.165) is 65.2 Å². The van der Waals surface area contributed by atoms with E-state index in [9.17, 15) is 14.6 Å². The third-order valence-corrected chi connectivity index (χ3v) is 7.34. The van der Waals surface area contributed by atoms with Crippen molar-refractivity contribution in [2.24, 2.45) is 5.92 Å². The van der Waals surface area contributed by atoms with Gasteiger partial charge in [-0.15, -0.1) is 0 Å². The first-order valence-electron chi connectivity index (χ1n) is 11.6. The molecule has 29 heavy (non-hydrogen) atoms. The lowest BCUT2D eigenvalue weighted by Crippen LogP contribution is -2.60. The molecule has 0 aromatic carbocycles. The zero-order valence-corrected chi connectivity index (χ0v) is 18.9. The van der Waals surface area contributed by atoms with Crippen LogP contribution in [0.1, 0.15) is 40.0 Å². The number of nitrogens with zero attached hydrogens (tertiary/aromatic N) is 4. The van der Waals surface area contributed by atoms with Crippen LogP contribution >= 0.6 is 0 Å². The van der Waals surface area contributed by atoms with E-state index in [1.54, 1.807) is 0 Å². The van der Waals surface area contributed by atoms with E-state index in [-0.39, 0.29) is 6.04 Å². The highest BCUT2D eigenvalue weighted by Crippen LogP contribution is 2.32. The number of β-amino-alcohol motifs (C(OH)–C–C–N with tert-alkyl or cyclic N) is 1. The summed E-state index contributed by atoms with van der Waals surface area (Å²) >= 11 is 0. The van der Waals surface area contributed by atoms with Crippen LogP contribution in [0.2, 0.25) is 0 Å². The molecule has 2 N–H and O–H groups in total. The van der Waals surface area contributed by atoms with Crippen molar-refractivity contribution >= 4 is 0 Å². The molecule has 0 amide bonds. The van der Waals surface area contributed by atoms with Gasteiger partial charge in [-0.05, 0) is 53.0 Å². The first kappa shape index (κ1) is 23.4. The van der Waals surface area contributed by atoms with E-state index >= 15 is 0 Å². The quantitative estimate of drug-likeness (QED) is 0.673. The Morgan fingerprint density at radius 1 is 1.03 bits per heavy atom. The van der Waals surface area contributed by atoms with Crippen LogP contribution in [0.5, 0.6) is 0 Å². The van der Waals surface area contributed by atoms with Gasteiger partial charge in [0.25, 0.3) is 0 Å². The second-order valence-corrected chi connectivity index (χ2v) is 10.3. The summed E-state index contributed by atoms with van der Waals surface area (Å²) in [6, 6.07) is 0.679. The van der Waals surface area contributed by atoms with Gasteiger partial charge in [0, 0.05) is 71.0 Å². The van der Waals surface area contributed by atoms with Crippen molar-refractivity contribution < 1.29 is 14.6 Å². The second kappa shape index (κ2) is 9.88. The van der Waals surface area contributed by atoms with Crippen LogP contribution < -0.4 is 0 Å². The highest BCUT2D eigenvalue weighted by molar-refractivity contribution is 4.96. The topological polar surface area (TPSA) is 53.4 Å². The van der Waals surface area contributed by atoms with E-state index in [2.05, 4.69) is 47.4 Å². The Bertz CT molecular complexity index is 517. The maximum absolute atomic E-state index is 14.0. The predicted molar refractivity (Wildman–Crippen MR) is 115 cm³/mol. The van der Waals surface area contributed by atoms with Gasteiger partial charge in [-0.3, -0.25) is 14.7 Å². The Balaban J connectivity index is 1.60. The lowest BCUT2D eigenvalue weighted by molar-refractivity contribution is -0.0886. The van der Waals surface area contributed by atoms with Crippen LogP contribution in [-0.4, -0.2) is 126 Å². The van der Waals surface area contributed by atoms with Gasteiger partial charge in [0.05, 0.1) is 11.7 Å². The zero-order valence-electron chi connectivity index (χ0n) is 18.9. The molecule has 3 saturated heterocycles. The van der Waals surface area contributed by atoms with Gasteiger partial charge in [-0.2, -0.15) is 0 Å². The van der Waals surface area contributed by atoms with Crippen molar-refractivity contribution in [1.29, 1.82) is 0 Å². The van der Waals surface area contributed by atoms with Gasteiger partial charge in [-0.1, -0.05) is 0 Å². The van der Waals surface area contributed by atoms with Crippen molar-refractivity contribution in [2.75, 3.05) is 66.0 Å². The zero-order chi connectivity index (χ0) is 21.2. The molecule has 6 nitrogen and oxygen atoms in total. The number of likely N-dealkylation sites (N-methyl/N-ethyl adjacent to an activating group) is 1. The van der Waals surface area contributed by atoms with E-state index in [1.165, 1.54) is 0 Å². The third kappa shape index (κ3) is 6.34. The lowest BCUT2D eigenvalue weighted by Gasteiger charge is -2.48. The number of rotatable bonds is 6. The largest absolute Gasteiger partial charge is 0.390 e. The summed E-state index contributed by atoms with van der Waals surface area (Å²) in [7, 11) is 2.16. The molecule has 3 aliphatic heterocycles. The van der Waals surface area contributed by atoms with Gasteiger partial charge in [0.1, 0.15) is 6.17 Å². The molecule has 0 saturated carbocycles. The number of alkyl halides is 1. The number of hydrogen-bond acceptors (Lipinski definition) is 6. The molecule has 0 aliphatic carbocycles. The Morgan fingerprint density at radius 3 is 2.34 bits per heavy atom. The molecular weight excluding hydrogens is 371 g/mol. The van der Waals surface area contributed by atoms with Crippen molar-refractivity contribution in [3.63, 3.8) is 0 Å². The van der Waals surface area contributed by atoms with Gasteiger partial charge in [0.2, 0.25) is 0 Å². The molecule has 3 aliphatic rings. The molecule has 0 bridgehead atoms. The number of aliphatic hydroxyl groups is 2. The molecule has 0 spiro atoms.